The lowest BCUT2D eigenvalue weighted by Crippen LogP contribution is -2.55. The van der Waals surface area contributed by atoms with Gasteiger partial charge < -0.3 is 15.2 Å². The van der Waals surface area contributed by atoms with E-state index in [4.69, 9.17) is 4.74 Å². The lowest BCUT2D eigenvalue weighted by molar-refractivity contribution is 0.127. The molecule has 2 aliphatic rings. The van der Waals surface area contributed by atoms with Crippen molar-refractivity contribution >= 4 is 11.8 Å². The van der Waals surface area contributed by atoms with Crippen LogP contribution in [0.3, 0.4) is 0 Å². The first-order chi connectivity index (χ1) is 8.57. The number of aliphatic hydroxyl groups is 1. The third-order valence-corrected chi connectivity index (χ3v) is 5.81. The fourth-order valence-corrected chi connectivity index (χ4v) is 4.43. The van der Waals surface area contributed by atoms with E-state index in [9.17, 15) is 5.11 Å². The Morgan fingerprint density at radius 3 is 2.56 bits per heavy atom. The molecule has 4 heteroatoms. The summed E-state index contributed by atoms with van der Waals surface area (Å²) in [6, 6.07) is 0.426. The molecule has 106 valence electrons. The first-order valence-electron chi connectivity index (χ1n) is 7.19. The van der Waals surface area contributed by atoms with Gasteiger partial charge in [0.05, 0.1) is 18.2 Å². The third kappa shape index (κ3) is 3.41. The van der Waals surface area contributed by atoms with Crippen LogP contribution < -0.4 is 5.32 Å². The summed E-state index contributed by atoms with van der Waals surface area (Å²) in [7, 11) is 0. The standard InChI is InChI=1S/C14H27NO2S/c1-10(2)15-14(8-16,12-4-5-12)9-18-13-6-7-17-11(13)3/h10-13,15-16H,4-9H2,1-3H3. The first kappa shape index (κ1) is 14.6. The van der Waals surface area contributed by atoms with E-state index in [1.807, 2.05) is 11.8 Å². The second-order valence-corrected chi connectivity index (χ2v) is 7.33. The number of hydrogen-bond donors (Lipinski definition) is 2. The molecule has 1 heterocycles. The Balaban J connectivity index is 1.92. The Bertz CT molecular complexity index is 271. The molecule has 0 radical (unpaired) electrons. The highest BCUT2D eigenvalue weighted by atomic mass is 32.2. The average molecular weight is 273 g/mol. The molecule has 1 saturated heterocycles. The van der Waals surface area contributed by atoms with E-state index in [1.54, 1.807) is 0 Å². The maximum atomic E-state index is 9.87. The van der Waals surface area contributed by atoms with Crippen LogP contribution in [0.1, 0.15) is 40.0 Å². The molecule has 0 spiro atoms. The van der Waals surface area contributed by atoms with Gasteiger partial charge in [-0.05, 0) is 32.1 Å². The van der Waals surface area contributed by atoms with Crippen LogP contribution in [0.2, 0.25) is 0 Å². The molecule has 1 saturated carbocycles. The summed E-state index contributed by atoms with van der Waals surface area (Å²) in [5.74, 6) is 1.67. The average Bonchev–Trinajstić information content (AvgIpc) is 3.09. The molecule has 3 nitrogen and oxygen atoms in total. The molecule has 2 fully saturated rings. The van der Waals surface area contributed by atoms with Gasteiger partial charge in [0.25, 0.3) is 0 Å². The maximum Gasteiger partial charge on any atom is 0.0666 e. The van der Waals surface area contributed by atoms with Gasteiger partial charge in [-0.2, -0.15) is 11.8 Å². The van der Waals surface area contributed by atoms with Crippen LogP contribution in [0.5, 0.6) is 0 Å². The van der Waals surface area contributed by atoms with Gasteiger partial charge in [0.15, 0.2) is 0 Å². The number of hydrogen-bond acceptors (Lipinski definition) is 4. The minimum atomic E-state index is -0.0683. The molecule has 18 heavy (non-hydrogen) atoms. The molecule has 0 aromatic rings. The molecular weight excluding hydrogens is 246 g/mol. The van der Waals surface area contributed by atoms with Crippen molar-refractivity contribution in [2.45, 2.75) is 63.0 Å². The normalized spacial score (nSPS) is 31.8. The summed E-state index contributed by atoms with van der Waals surface area (Å²) in [5, 5.41) is 14.1. The van der Waals surface area contributed by atoms with E-state index in [1.165, 1.54) is 12.8 Å². The molecular formula is C14H27NO2S. The van der Waals surface area contributed by atoms with Crippen LogP contribution in [0.4, 0.5) is 0 Å². The van der Waals surface area contributed by atoms with Crippen LogP contribution >= 0.6 is 11.8 Å². The van der Waals surface area contributed by atoms with Crippen LogP contribution in [-0.4, -0.2) is 47.0 Å². The Hall–Kier alpha value is 0.230. The second kappa shape index (κ2) is 6.12. The quantitative estimate of drug-likeness (QED) is 0.745. The number of nitrogens with one attached hydrogen (secondary N) is 1. The van der Waals surface area contributed by atoms with Crippen molar-refractivity contribution in [3.8, 4) is 0 Å². The third-order valence-electron chi connectivity index (χ3n) is 4.08. The predicted molar refractivity (Wildman–Crippen MR) is 77.1 cm³/mol. The van der Waals surface area contributed by atoms with Gasteiger partial charge in [-0.15, -0.1) is 0 Å². The van der Waals surface area contributed by atoms with Gasteiger partial charge in [-0.3, -0.25) is 0 Å². The van der Waals surface area contributed by atoms with Crippen LogP contribution in [0.15, 0.2) is 0 Å². The summed E-state index contributed by atoms with van der Waals surface area (Å²) < 4.78 is 5.62. The zero-order valence-corrected chi connectivity index (χ0v) is 12.6. The van der Waals surface area contributed by atoms with Gasteiger partial charge >= 0.3 is 0 Å². The molecule has 3 atom stereocenters. The van der Waals surface area contributed by atoms with E-state index in [2.05, 4.69) is 26.1 Å². The zero-order valence-electron chi connectivity index (χ0n) is 11.8. The van der Waals surface area contributed by atoms with Crippen molar-refractivity contribution in [1.82, 2.24) is 5.32 Å². The molecule has 1 aliphatic carbocycles. The summed E-state index contributed by atoms with van der Waals surface area (Å²) in [4.78, 5) is 0. The predicted octanol–water partition coefficient (Wildman–Crippen LogP) is 2.04. The Kier molecular flexibility index (Phi) is 4.98. The van der Waals surface area contributed by atoms with Crippen molar-refractivity contribution in [1.29, 1.82) is 0 Å². The monoisotopic (exact) mass is 273 g/mol. The van der Waals surface area contributed by atoms with Crippen LogP contribution in [-0.2, 0) is 4.74 Å². The Labute approximate surface area is 115 Å². The zero-order chi connectivity index (χ0) is 13.2. The van der Waals surface area contributed by atoms with Gasteiger partial charge in [0.2, 0.25) is 0 Å². The Morgan fingerprint density at radius 1 is 1.39 bits per heavy atom. The van der Waals surface area contributed by atoms with E-state index < -0.39 is 0 Å². The molecule has 0 amide bonds. The Morgan fingerprint density at radius 2 is 2.11 bits per heavy atom. The maximum absolute atomic E-state index is 9.87. The summed E-state index contributed by atoms with van der Waals surface area (Å²) in [5.41, 5.74) is -0.0683. The van der Waals surface area contributed by atoms with Gasteiger partial charge in [-0.25, -0.2) is 0 Å². The van der Waals surface area contributed by atoms with Crippen LogP contribution in [0, 0.1) is 5.92 Å². The number of ether oxygens (including phenoxy) is 1. The lowest BCUT2D eigenvalue weighted by atomic mass is 9.95. The summed E-state index contributed by atoms with van der Waals surface area (Å²) >= 11 is 1.99. The van der Waals surface area contributed by atoms with Crippen molar-refractivity contribution in [2.24, 2.45) is 5.92 Å². The number of aliphatic hydroxyl groups excluding tert-OH is 1. The van der Waals surface area contributed by atoms with E-state index in [0.29, 0.717) is 23.3 Å². The highest BCUT2D eigenvalue weighted by molar-refractivity contribution is 8.00. The fraction of sp³-hybridized carbons (Fsp3) is 1.00. The largest absolute Gasteiger partial charge is 0.394 e. The highest BCUT2D eigenvalue weighted by Crippen LogP contribution is 2.43. The van der Waals surface area contributed by atoms with E-state index >= 15 is 0 Å². The number of thioether (sulfide) groups is 1. The lowest BCUT2D eigenvalue weighted by Gasteiger charge is -2.36. The molecule has 3 unspecified atom stereocenters. The van der Waals surface area contributed by atoms with Crippen molar-refractivity contribution in [3.05, 3.63) is 0 Å². The molecule has 0 bridgehead atoms. The SMILES string of the molecule is CC(C)NC(CO)(CSC1CCOC1C)C1CC1. The fourth-order valence-electron chi connectivity index (χ4n) is 2.90. The highest BCUT2D eigenvalue weighted by Gasteiger charge is 2.45. The van der Waals surface area contributed by atoms with Gasteiger partial charge in [0.1, 0.15) is 0 Å². The van der Waals surface area contributed by atoms with Crippen molar-refractivity contribution in [2.75, 3.05) is 19.0 Å². The summed E-state index contributed by atoms with van der Waals surface area (Å²) in [6.45, 7) is 7.65. The number of rotatable bonds is 7. The molecule has 2 N–H and O–H groups in total. The summed E-state index contributed by atoms with van der Waals surface area (Å²) in [6.07, 6.45) is 4.04. The van der Waals surface area contributed by atoms with Crippen molar-refractivity contribution in [3.63, 3.8) is 0 Å². The minimum Gasteiger partial charge on any atom is -0.394 e. The van der Waals surface area contributed by atoms with Crippen LogP contribution in [0.25, 0.3) is 0 Å². The van der Waals surface area contributed by atoms with E-state index in [-0.39, 0.29) is 12.1 Å². The molecule has 2 rings (SSSR count). The molecule has 1 aliphatic heterocycles. The smallest absolute Gasteiger partial charge is 0.0666 e. The first-order valence-corrected chi connectivity index (χ1v) is 8.24. The minimum absolute atomic E-state index is 0.0683. The van der Waals surface area contributed by atoms with E-state index in [0.717, 1.165) is 18.8 Å². The van der Waals surface area contributed by atoms with Crippen molar-refractivity contribution < 1.29 is 9.84 Å². The van der Waals surface area contributed by atoms with Gasteiger partial charge in [-0.1, -0.05) is 13.8 Å². The topological polar surface area (TPSA) is 41.5 Å². The molecule has 0 aromatic heterocycles. The molecule has 0 aromatic carbocycles. The second-order valence-electron chi connectivity index (χ2n) is 6.10. The van der Waals surface area contributed by atoms with Gasteiger partial charge in [0, 0.05) is 23.7 Å².